The fourth-order valence-electron chi connectivity index (χ4n) is 1.08. The van der Waals surface area contributed by atoms with Gasteiger partial charge >= 0.3 is 0 Å². The number of hydrogen-bond donors (Lipinski definition) is 0. The lowest BCUT2D eigenvalue weighted by Gasteiger charge is -2.00. The van der Waals surface area contributed by atoms with Crippen LogP contribution >= 0.6 is 11.8 Å². The van der Waals surface area contributed by atoms with Crippen LogP contribution in [0.25, 0.3) is 0 Å². The van der Waals surface area contributed by atoms with Crippen LogP contribution in [0.3, 0.4) is 0 Å². The van der Waals surface area contributed by atoms with Gasteiger partial charge in [-0.15, -0.1) is 0 Å². The summed E-state index contributed by atoms with van der Waals surface area (Å²) in [5, 5.41) is 9.55. The summed E-state index contributed by atoms with van der Waals surface area (Å²) < 4.78 is 0. The fraction of sp³-hybridized carbons (Fsp3) is 0. The van der Waals surface area contributed by atoms with Crippen LogP contribution in [-0.4, -0.2) is 9.97 Å². The van der Waals surface area contributed by atoms with Gasteiger partial charge in [-0.05, 0) is 30.0 Å². The monoisotopic (exact) mass is 213 g/mol. The van der Waals surface area contributed by atoms with Crippen molar-refractivity contribution in [2.45, 2.75) is 10.1 Å². The maximum atomic E-state index is 8.89. The Balaban J connectivity index is 2.29. The topological polar surface area (TPSA) is 49.6 Å². The molecule has 0 amide bonds. The molecule has 0 unspecified atom stereocenters. The minimum atomic E-state index is 0.648. The Morgan fingerprint density at radius 2 is 1.80 bits per heavy atom. The minimum absolute atomic E-state index is 0.648. The maximum absolute atomic E-state index is 8.89. The van der Waals surface area contributed by atoms with E-state index in [2.05, 4.69) is 16.0 Å². The molecule has 0 aliphatic carbocycles. The quantitative estimate of drug-likeness (QED) is 0.719. The smallest absolute Gasteiger partial charge is 0.192 e. The van der Waals surface area contributed by atoms with Crippen LogP contribution in [0, 0.1) is 11.3 Å². The molecule has 1 aromatic heterocycles. The zero-order valence-corrected chi connectivity index (χ0v) is 8.61. The summed E-state index contributed by atoms with van der Waals surface area (Å²) in [6.45, 7) is 0. The Hall–Kier alpha value is -1.86. The molecule has 0 saturated carbocycles. The van der Waals surface area contributed by atoms with Crippen molar-refractivity contribution in [1.82, 2.24) is 9.97 Å². The van der Waals surface area contributed by atoms with Crippen LogP contribution < -0.4 is 0 Å². The molecule has 0 spiro atoms. The Morgan fingerprint density at radius 3 is 2.53 bits per heavy atom. The first kappa shape index (κ1) is 9.69. The van der Waals surface area contributed by atoms with Gasteiger partial charge in [-0.3, -0.25) is 0 Å². The molecule has 15 heavy (non-hydrogen) atoms. The van der Waals surface area contributed by atoms with Gasteiger partial charge in [-0.2, -0.15) is 5.26 Å². The first-order chi connectivity index (χ1) is 7.40. The van der Waals surface area contributed by atoms with Gasteiger partial charge in [0.05, 0.1) is 5.56 Å². The molecule has 0 fully saturated rings. The molecule has 2 aromatic rings. The standard InChI is InChI=1S/C11H7N3S/c12-8-9-4-1-2-5-10(9)15-11-13-6-3-7-14-11/h1-7H. The summed E-state index contributed by atoms with van der Waals surface area (Å²) in [5.41, 5.74) is 0.648. The zero-order chi connectivity index (χ0) is 10.5. The van der Waals surface area contributed by atoms with Crippen molar-refractivity contribution >= 4 is 11.8 Å². The molecule has 1 aromatic carbocycles. The molecule has 0 atom stereocenters. The molecule has 0 aliphatic rings. The highest BCUT2D eigenvalue weighted by Gasteiger charge is 2.03. The second-order valence-electron chi connectivity index (χ2n) is 2.74. The van der Waals surface area contributed by atoms with Crippen LogP contribution in [0.4, 0.5) is 0 Å². The lowest BCUT2D eigenvalue weighted by Crippen LogP contribution is -1.85. The summed E-state index contributed by atoms with van der Waals surface area (Å²) in [6.07, 6.45) is 3.37. The van der Waals surface area contributed by atoms with Gasteiger partial charge in [0.25, 0.3) is 0 Å². The summed E-state index contributed by atoms with van der Waals surface area (Å²) in [7, 11) is 0. The predicted octanol–water partition coefficient (Wildman–Crippen LogP) is 2.50. The average Bonchev–Trinajstić information content (AvgIpc) is 2.31. The second-order valence-corrected chi connectivity index (χ2v) is 3.75. The van der Waals surface area contributed by atoms with Crippen molar-refractivity contribution in [2.75, 3.05) is 0 Å². The van der Waals surface area contributed by atoms with Gasteiger partial charge in [0.1, 0.15) is 6.07 Å². The molecule has 0 saturated heterocycles. The molecule has 0 bridgehead atoms. The van der Waals surface area contributed by atoms with Crippen molar-refractivity contribution in [3.05, 3.63) is 48.3 Å². The van der Waals surface area contributed by atoms with E-state index in [1.807, 2.05) is 18.2 Å². The van der Waals surface area contributed by atoms with Crippen molar-refractivity contribution in [3.63, 3.8) is 0 Å². The largest absolute Gasteiger partial charge is 0.231 e. The van der Waals surface area contributed by atoms with Crippen molar-refractivity contribution in [1.29, 1.82) is 5.26 Å². The van der Waals surface area contributed by atoms with Crippen LogP contribution in [0.1, 0.15) is 5.56 Å². The van der Waals surface area contributed by atoms with Gasteiger partial charge < -0.3 is 0 Å². The van der Waals surface area contributed by atoms with E-state index >= 15 is 0 Å². The molecular formula is C11H7N3S. The lowest BCUT2D eigenvalue weighted by atomic mass is 10.2. The predicted molar refractivity (Wildman–Crippen MR) is 57.3 cm³/mol. The molecule has 0 N–H and O–H groups in total. The van der Waals surface area contributed by atoms with Gasteiger partial charge in [-0.1, -0.05) is 12.1 Å². The van der Waals surface area contributed by atoms with Gasteiger partial charge in [0.15, 0.2) is 5.16 Å². The molecule has 0 aliphatic heterocycles. The third kappa shape index (κ3) is 2.33. The normalized spacial score (nSPS) is 9.53. The van der Waals surface area contributed by atoms with Gasteiger partial charge in [0.2, 0.25) is 0 Å². The number of nitriles is 1. The molecule has 1 heterocycles. The summed E-state index contributed by atoms with van der Waals surface area (Å²) in [5.74, 6) is 0. The van der Waals surface area contributed by atoms with E-state index in [-0.39, 0.29) is 0 Å². The van der Waals surface area contributed by atoms with Crippen molar-refractivity contribution in [2.24, 2.45) is 0 Å². The van der Waals surface area contributed by atoms with E-state index in [0.29, 0.717) is 10.7 Å². The van der Waals surface area contributed by atoms with Gasteiger partial charge in [-0.25, -0.2) is 9.97 Å². The Kier molecular flexibility index (Phi) is 2.96. The number of nitrogens with zero attached hydrogens (tertiary/aromatic N) is 3. The third-order valence-electron chi connectivity index (χ3n) is 1.75. The first-order valence-corrected chi connectivity index (χ1v) is 5.16. The van der Waals surface area contributed by atoms with E-state index in [1.54, 1.807) is 24.5 Å². The van der Waals surface area contributed by atoms with E-state index in [0.717, 1.165) is 4.90 Å². The molecule has 4 heteroatoms. The summed E-state index contributed by atoms with van der Waals surface area (Å²) in [4.78, 5) is 9.06. The highest BCUT2D eigenvalue weighted by atomic mass is 32.2. The van der Waals surface area contributed by atoms with Crippen LogP contribution in [0.2, 0.25) is 0 Å². The molecule has 3 nitrogen and oxygen atoms in total. The van der Waals surface area contributed by atoms with Crippen LogP contribution in [-0.2, 0) is 0 Å². The number of hydrogen-bond acceptors (Lipinski definition) is 4. The average molecular weight is 213 g/mol. The number of aromatic nitrogens is 2. The van der Waals surface area contributed by atoms with Crippen molar-refractivity contribution < 1.29 is 0 Å². The fourth-order valence-corrected chi connectivity index (χ4v) is 1.88. The van der Waals surface area contributed by atoms with E-state index < -0.39 is 0 Å². The Morgan fingerprint density at radius 1 is 1.07 bits per heavy atom. The molecule has 2 rings (SSSR count). The first-order valence-electron chi connectivity index (χ1n) is 4.34. The highest BCUT2D eigenvalue weighted by Crippen LogP contribution is 2.26. The van der Waals surface area contributed by atoms with E-state index in [1.165, 1.54) is 11.8 Å². The molecule has 0 radical (unpaired) electrons. The SMILES string of the molecule is N#Cc1ccccc1Sc1ncccn1. The van der Waals surface area contributed by atoms with Gasteiger partial charge in [0, 0.05) is 17.3 Å². The van der Waals surface area contributed by atoms with E-state index in [9.17, 15) is 0 Å². The van der Waals surface area contributed by atoms with Crippen molar-refractivity contribution in [3.8, 4) is 6.07 Å². The maximum Gasteiger partial charge on any atom is 0.192 e. The van der Waals surface area contributed by atoms with Crippen LogP contribution in [0.5, 0.6) is 0 Å². The van der Waals surface area contributed by atoms with Crippen LogP contribution in [0.15, 0.2) is 52.8 Å². The minimum Gasteiger partial charge on any atom is -0.231 e. The Labute approximate surface area is 91.8 Å². The zero-order valence-electron chi connectivity index (χ0n) is 7.79. The third-order valence-corrected chi connectivity index (χ3v) is 2.72. The molecule has 72 valence electrons. The number of benzene rings is 1. The second kappa shape index (κ2) is 4.58. The number of rotatable bonds is 2. The lowest BCUT2D eigenvalue weighted by molar-refractivity contribution is 0.966. The summed E-state index contributed by atoms with van der Waals surface area (Å²) in [6, 6.07) is 11.3. The molecular weight excluding hydrogens is 206 g/mol. The van der Waals surface area contributed by atoms with E-state index in [4.69, 9.17) is 5.26 Å². The summed E-state index contributed by atoms with van der Waals surface area (Å²) >= 11 is 1.39. The Bertz CT molecular complexity index is 491. The highest BCUT2D eigenvalue weighted by molar-refractivity contribution is 7.99.